The van der Waals surface area contributed by atoms with Crippen LogP contribution in [0.25, 0.3) is 5.57 Å². The molecular weight excluding hydrogens is 180 g/mol. The summed E-state index contributed by atoms with van der Waals surface area (Å²) in [6.45, 7) is 3.90. The summed E-state index contributed by atoms with van der Waals surface area (Å²) in [6.07, 6.45) is -1.54. The van der Waals surface area contributed by atoms with E-state index in [9.17, 15) is 0 Å². The van der Waals surface area contributed by atoms with Crippen LogP contribution in [0.1, 0.15) is 13.9 Å². The first-order valence-electron chi connectivity index (χ1n) is 5.92. The summed E-state index contributed by atoms with van der Waals surface area (Å²) in [4.78, 5) is 0. The van der Waals surface area contributed by atoms with Crippen molar-refractivity contribution in [3.8, 4) is 0 Å². The second kappa shape index (κ2) is 4.61. The summed E-state index contributed by atoms with van der Waals surface area (Å²) in [5.74, 6) is 0. The molecule has 0 aliphatic heterocycles. The zero-order valence-corrected chi connectivity index (χ0v) is 8.48. The number of hydrogen-bond donors (Lipinski definition) is 0. The molecule has 2 rings (SSSR count). The maximum atomic E-state index is 8.18. The quantitative estimate of drug-likeness (QED) is 0.697. The Morgan fingerprint density at radius 2 is 1.47 bits per heavy atom. The van der Waals surface area contributed by atoms with E-state index in [-0.39, 0.29) is 0 Å². The molecule has 0 heteroatoms. The van der Waals surface area contributed by atoms with Crippen LogP contribution in [0.4, 0.5) is 0 Å². The van der Waals surface area contributed by atoms with E-state index in [0.717, 1.165) is 5.56 Å². The van der Waals surface area contributed by atoms with Gasteiger partial charge in [-0.1, -0.05) is 67.2 Å². The largest absolute Gasteiger partial charge is 0.0949 e. The first-order chi connectivity index (χ1) is 8.12. The molecule has 0 nitrogen and oxygen atoms in total. The van der Waals surface area contributed by atoms with Crippen molar-refractivity contribution in [1.29, 1.82) is 0 Å². The normalized spacial score (nSPS) is 12.8. The van der Waals surface area contributed by atoms with E-state index in [2.05, 4.69) is 6.58 Å². The molecular formula is C15H14. The molecule has 0 aliphatic carbocycles. The van der Waals surface area contributed by atoms with Gasteiger partial charge in [-0.15, -0.1) is 0 Å². The number of allylic oxidation sites excluding steroid dienone is 1. The molecule has 0 aromatic heterocycles. The Morgan fingerprint density at radius 1 is 0.933 bits per heavy atom. The molecule has 0 aliphatic rings. The minimum absolute atomic E-state index is 0.490. The summed E-state index contributed by atoms with van der Waals surface area (Å²) >= 11 is 0. The highest BCUT2D eigenvalue weighted by Gasteiger charge is 1.98. The van der Waals surface area contributed by atoms with Crippen molar-refractivity contribution in [2.75, 3.05) is 0 Å². The van der Waals surface area contributed by atoms with Gasteiger partial charge in [-0.3, -0.25) is 0 Å². The average molecular weight is 196 g/mol. The van der Waals surface area contributed by atoms with E-state index >= 15 is 0 Å². The number of benzene rings is 2. The van der Waals surface area contributed by atoms with E-state index in [1.54, 1.807) is 12.1 Å². The zero-order valence-electron chi connectivity index (χ0n) is 10.5. The van der Waals surface area contributed by atoms with Gasteiger partial charge < -0.3 is 0 Å². The molecule has 0 amide bonds. The molecule has 0 bridgehead atoms. The highest BCUT2D eigenvalue weighted by Crippen LogP contribution is 2.16. The van der Waals surface area contributed by atoms with Gasteiger partial charge in [0.2, 0.25) is 0 Å². The van der Waals surface area contributed by atoms with Crippen molar-refractivity contribution < 1.29 is 2.74 Å². The van der Waals surface area contributed by atoms with E-state index in [1.165, 1.54) is 0 Å². The van der Waals surface area contributed by atoms with Crippen molar-refractivity contribution in [1.82, 2.24) is 0 Å². The van der Waals surface area contributed by atoms with Crippen LogP contribution in [0.15, 0.2) is 67.2 Å². The average Bonchev–Trinajstić information content (AvgIpc) is 2.40. The van der Waals surface area contributed by atoms with Crippen molar-refractivity contribution in [2.24, 2.45) is 0 Å². The lowest BCUT2D eigenvalue weighted by molar-refractivity contribution is 1.29. The van der Waals surface area contributed by atoms with Crippen LogP contribution in [0, 0.1) is 0 Å². The second-order valence-electron chi connectivity index (χ2n) is 3.34. The molecule has 2 aromatic rings. The van der Waals surface area contributed by atoms with Crippen LogP contribution in [0.2, 0.25) is 0 Å². The first-order valence-corrected chi connectivity index (χ1v) is 4.92. The van der Waals surface area contributed by atoms with E-state index in [0.29, 0.717) is 11.1 Å². The molecule has 74 valence electrons. The Bertz CT molecular complexity index is 501. The van der Waals surface area contributed by atoms with Crippen LogP contribution < -0.4 is 0 Å². The molecule has 0 atom stereocenters. The predicted molar refractivity (Wildman–Crippen MR) is 65.6 cm³/mol. The van der Waals surface area contributed by atoms with Crippen molar-refractivity contribution in [2.45, 2.75) is 6.37 Å². The molecule has 0 spiro atoms. The van der Waals surface area contributed by atoms with Crippen molar-refractivity contribution in [3.05, 3.63) is 78.4 Å². The van der Waals surface area contributed by atoms with Crippen LogP contribution in [0.3, 0.4) is 0 Å². The lowest BCUT2D eigenvalue weighted by Gasteiger charge is -2.05. The lowest BCUT2D eigenvalue weighted by Crippen LogP contribution is -1.88. The summed E-state index contributed by atoms with van der Waals surface area (Å²) in [5, 5.41) is 0. The number of rotatable bonds is 3. The summed E-state index contributed by atoms with van der Waals surface area (Å²) in [6, 6.07) is 18.6. The number of hydrogen-bond acceptors (Lipinski definition) is 0. The fraction of sp³-hybridized carbons (Fsp3) is 0.0667. The molecule has 0 radical (unpaired) electrons. The highest BCUT2D eigenvalue weighted by molar-refractivity contribution is 5.65. The Morgan fingerprint density at radius 3 is 2.07 bits per heavy atom. The maximum absolute atomic E-state index is 8.18. The van der Waals surface area contributed by atoms with Gasteiger partial charge in [0, 0.05) is 2.74 Å². The van der Waals surface area contributed by atoms with Gasteiger partial charge in [0.15, 0.2) is 0 Å². The second-order valence-corrected chi connectivity index (χ2v) is 3.34. The van der Waals surface area contributed by atoms with Gasteiger partial charge in [-0.05, 0) is 23.1 Å². The van der Waals surface area contributed by atoms with Crippen LogP contribution >= 0.6 is 0 Å². The third-order valence-electron chi connectivity index (χ3n) is 2.19. The Hall–Kier alpha value is -1.82. The highest BCUT2D eigenvalue weighted by atomic mass is 14.0. The third-order valence-corrected chi connectivity index (χ3v) is 2.19. The van der Waals surface area contributed by atoms with E-state index < -0.39 is 6.37 Å². The van der Waals surface area contributed by atoms with E-state index in [4.69, 9.17) is 2.74 Å². The van der Waals surface area contributed by atoms with Gasteiger partial charge >= 0.3 is 0 Å². The van der Waals surface area contributed by atoms with Crippen LogP contribution in [-0.4, -0.2) is 0 Å². The SMILES string of the molecule is [2H]C([2H])(C(=C)c1ccccc1)c1ccccc1. The molecule has 2 aromatic carbocycles. The molecule has 0 fully saturated rings. The Kier molecular flexibility index (Phi) is 2.29. The topological polar surface area (TPSA) is 0 Å². The smallest absolute Gasteiger partial charge is 0.0366 e. The third kappa shape index (κ3) is 2.57. The van der Waals surface area contributed by atoms with E-state index in [1.807, 2.05) is 48.5 Å². The van der Waals surface area contributed by atoms with Gasteiger partial charge in [-0.2, -0.15) is 0 Å². The first kappa shape index (κ1) is 7.47. The predicted octanol–water partition coefficient (Wildman–Crippen LogP) is 3.94. The standard InChI is InChI=1S/C15H14/c1-13(15-10-6-3-7-11-15)12-14-8-4-2-5-9-14/h2-11H,1,12H2/i12D2. The molecule has 0 unspecified atom stereocenters. The Labute approximate surface area is 93.7 Å². The monoisotopic (exact) mass is 196 g/mol. The van der Waals surface area contributed by atoms with Gasteiger partial charge in [0.1, 0.15) is 0 Å². The fourth-order valence-corrected chi connectivity index (χ4v) is 1.41. The summed E-state index contributed by atoms with van der Waals surface area (Å²) < 4.78 is 16.4. The van der Waals surface area contributed by atoms with Gasteiger partial charge in [0.05, 0.1) is 0 Å². The molecule has 0 saturated heterocycles. The van der Waals surface area contributed by atoms with Crippen LogP contribution in [0.5, 0.6) is 0 Å². The summed E-state index contributed by atoms with van der Waals surface area (Å²) in [5.41, 5.74) is 1.96. The minimum atomic E-state index is -1.54. The molecule has 0 saturated carbocycles. The molecule has 0 N–H and O–H groups in total. The zero-order chi connectivity index (χ0) is 12.3. The van der Waals surface area contributed by atoms with Crippen LogP contribution in [-0.2, 0) is 6.37 Å². The van der Waals surface area contributed by atoms with Crippen molar-refractivity contribution in [3.63, 3.8) is 0 Å². The maximum Gasteiger partial charge on any atom is 0.0366 e. The lowest BCUT2D eigenvalue weighted by atomic mass is 10.00. The Balaban J connectivity index is 2.37. The minimum Gasteiger partial charge on any atom is -0.0949 e. The van der Waals surface area contributed by atoms with Gasteiger partial charge in [0.25, 0.3) is 0 Å². The van der Waals surface area contributed by atoms with Gasteiger partial charge in [-0.25, -0.2) is 0 Å². The summed E-state index contributed by atoms with van der Waals surface area (Å²) in [7, 11) is 0. The molecule has 0 heterocycles. The molecule has 15 heavy (non-hydrogen) atoms. The van der Waals surface area contributed by atoms with Crippen molar-refractivity contribution >= 4 is 5.57 Å². The fourth-order valence-electron chi connectivity index (χ4n) is 1.41.